The summed E-state index contributed by atoms with van der Waals surface area (Å²) >= 11 is 7.14. The predicted molar refractivity (Wildman–Crippen MR) is 49.0 cm³/mol. The Morgan fingerprint density at radius 3 is 2.45 bits per heavy atom. The van der Waals surface area contributed by atoms with Gasteiger partial charge in [0.2, 0.25) is 0 Å². The highest BCUT2D eigenvalue weighted by molar-refractivity contribution is 14.1. The van der Waals surface area contributed by atoms with Gasteiger partial charge in [0.05, 0.1) is 27.9 Å². The summed E-state index contributed by atoms with van der Waals surface area (Å²) < 4.78 is 27.6. The van der Waals surface area contributed by atoms with E-state index in [9.17, 15) is 8.78 Å². The minimum Gasteiger partial charge on any atom is -0.328 e. The van der Waals surface area contributed by atoms with E-state index in [0.29, 0.717) is 5.69 Å². The molecular weight excluding hydrogens is 286 g/mol. The third-order valence-corrected chi connectivity index (χ3v) is 1.99. The van der Waals surface area contributed by atoms with Gasteiger partial charge in [-0.25, -0.2) is 8.78 Å². The molecule has 11 heavy (non-hydrogen) atoms. The molecule has 0 heterocycles. The van der Waals surface area contributed by atoms with Crippen molar-refractivity contribution in [1.29, 1.82) is 0 Å². The molecule has 0 spiro atoms. The van der Waals surface area contributed by atoms with Gasteiger partial charge in [0.1, 0.15) is 0 Å². The third-order valence-electron chi connectivity index (χ3n) is 1.09. The summed E-state index contributed by atoms with van der Waals surface area (Å²) in [6.45, 7) is 0. The second-order valence-corrected chi connectivity index (χ2v) is 2.79. The Morgan fingerprint density at radius 1 is 1.36 bits per heavy atom. The first-order valence-electron chi connectivity index (χ1n) is 2.66. The normalized spacial score (nSPS) is 9.82. The lowest BCUT2D eigenvalue weighted by Crippen LogP contribution is -1.88. The summed E-state index contributed by atoms with van der Waals surface area (Å²) in [5.74, 6) is -1.96. The van der Waals surface area contributed by atoms with Gasteiger partial charge in [-0.3, -0.25) is 0 Å². The van der Waals surface area contributed by atoms with Gasteiger partial charge in [-0.15, -0.1) is 0 Å². The topological polar surface area (TPSA) is 12.0 Å². The molecule has 0 fully saturated rings. The van der Waals surface area contributed by atoms with E-state index >= 15 is 0 Å². The highest BCUT2D eigenvalue weighted by atomic mass is 127. The number of hydrogen-bond acceptors (Lipinski definition) is 1. The Morgan fingerprint density at radius 2 is 2.00 bits per heavy atom. The highest BCUT2D eigenvalue weighted by Crippen LogP contribution is 2.23. The monoisotopic (exact) mass is 289 g/mol. The van der Waals surface area contributed by atoms with Gasteiger partial charge in [-0.05, 0) is 6.07 Å². The Kier molecular flexibility index (Phi) is 2.89. The van der Waals surface area contributed by atoms with Gasteiger partial charge >= 0.3 is 0 Å². The maximum absolute atomic E-state index is 12.5. The molecule has 5 heteroatoms. The van der Waals surface area contributed by atoms with Crippen LogP contribution in [0, 0.1) is 11.6 Å². The van der Waals surface area contributed by atoms with E-state index in [0.717, 1.165) is 6.07 Å². The summed E-state index contributed by atoms with van der Waals surface area (Å²) in [7, 11) is 0. The van der Waals surface area contributed by atoms with Crippen molar-refractivity contribution in [2.24, 2.45) is 0 Å². The molecule has 0 saturated heterocycles. The molecule has 0 saturated carbocycles. The van der Waals surface area contributed by atoms with E-state index in [2.05, 4.69) is 3.53 Å². The van der Waals surface area contributed by atoms with Gasteiger partial charge in [0, 0.05) is 11.8 Å². The summed E-state index contributed by atoms with van der Waals surface area (Å²) in [5, 5.41) is -0.218. The lowest BCUT2D eigenvalue weighted by atomic mass is 10.3. The van der Waals surface area contributed by atoms with Crippen LogP contribution in [-0.2, 0) is 0 Å². The molecule has 0 unspecified atom stereocenters. The number of benzene rings is 1. The Bertz CT molecular complexity index is 256. The zero-order chi connectivity index (χ0) is 8.43. The summed E-state index contributed by atoms with van der Waals surface area (Å²) in [4.78, 5) is 0. The van der Waals surface area contributed by atoms with Crippen LogP contribution in [0.3, 0.4) is 0 Å². The van der Waals surface area contributed by atoms with Crippen molar-refractivity contribution in [3.63, 3.8) is 0 Å². The molecule has 1 N–H and O–H groups in total. The van der Waals surface area contributed by atoms with Crippen LogP contribution >= 0.6 is 34.5 Å². The number of halogens is 4. The fourth-order valence-electron chi connectivity index (χ4n) is 0.610. The average molecular weight is 289 g/mol. The molecule has 0 aliphatic rings. The second-order valence-electron chi connectivity index (χ2n) is 1.85. The van der Waals surface area contributed by atoms with E-state index in [1.807, 2.05) is 0 Å². The molecule has 0 aliphatic heterocycles. The zero-order valence-corrected chi connectivity index (χ0v) is 8.08. The van der Waals surface area contributed by atoms with E-state index in [1.165, 1.54) is 6.07 Å². The fraction of sp³-hybridized carbons (Fsp3) is 0. The molecule has 0 aromatic heterocycles. The minimum absolute atomic E-state index is 0.218. The van der Waals surface area contributed by atoms with Crippen LogP contribution in [-0.4, -0.2) is 0 Å². The van der Waals surface area contributed by atoms with Crippen LogP contribution in [0.2, 0.25) is 5.02 Å². The van der Waals surface area contributed by atoms with Crippen molar-refractivity contribution in [2.75, 3.05) is 3.53 Å². The molecule has 60 valence electrons. The smallest absolute Gasteiger partial charge is 0.177 e. The zero-order valence-electron chi connectivity index (χ0n) is 5.17. The van der Waals surface area contributed by atoms with Crippen molar-refractivity contribution < 1.29 is 8.78 Å². The van der Waals surface area contributed by atoms with E-state index < -0.39 is 11.6 Å². The van der Waals surface area contributed by atoms with Crippen LogP contribution in [0.4, 0.5) is 14.5 Å². The largest absolute Gasteiger partial charge is 0.328 e. The van der Waals surface area contributed by atoms with Crippen molar-refractivity contribution in [3.05, 3.63) is 28.8 Å². The maximum atomic E-state index is 12.5. The molecule has 1 rings (SSSR count). The lowest BCUT2D eigenvalue weighted by molar-refractivity contribution is 0.509. The maximum Gasteiger partial charge on any atom is 0.177 e. The van der Waals surface area contributed by atoms with Crippen LogP contribution in [0.1, 0.15) is 0 Å². The van der Waals surface area contributed by atoms with Gasteiger partial charge in [0.25, 0.3) is 0 Å². The van der Waals surface area contributed by atoms with Gasteiger partial charge in [-0.1, -0.05) is 11.6 Å². The number of rotatable bonds is 1. The average Bonchev–Trinajstić information content (AvgIpc) is 1.99. The number of nitrogens with one attached hydrogen (secondary N) is 1. The molecule has 0 atom stereocenters. The van der Waals surface area contributed by atoms with Crippen LogP contribution in [0.25, 0.3) is 0 Å². The van der Waals surface area contributed by atoms with Crippen LogP contribution < -0.4 is 3.53 Å². The first-order chi connectivity index (χ1) is 5.15. The minimum atomic E-state index is -1.01. The van der Waals surface area contributed by atoms with Gasteiger partial charge in [0.15, 0.2) is 11.6 Å². The number of anilines is 1. The molecule has 0 aliphatic carbocycles. The predicted octanol–water partition coefficient (Wildman–Crippen LogP) is 3.38. The Balaban J connectivity index is 3.21. The molecule has 0 bridgehead atoms. The molecule has 1 aromatic carbocycles. The van der Waals surface area contributed by atoms with Gasteiger partial charge in [-0.2, -0.15) is 0 Å². The van der Waals surface area contributed by atoms with Crippen molar-refractivity contribution in [1.82, 2.24) is 0 Å². The quantitative estimate of drug-likeness (QED) is 0.475. The summed E-state index contributed by atoms with van der Waals surface area (Å²) in [6.07, 6.45) is 0. The molecule has 0 amide bonds. The molecule has 1 aromatic rings. The molecule has 0 radical (unpaired) electrons. The van der Waals surface area contributed by atoms with Gasteiger partial charge < -0.3 is 3.53 Å². The van der Waals surface area contributed by atoms with Crippen molar-refractivity contribution >= 4 is 40.2 Å². The highest BCUT2D eigenvalue weighted by Gasteiger charge is 2.07. The first-order valence-corrected chi connectivity index (χ1v) is 4.12. The summed E-state index contributed by atoms with van der Waals surface area (Å²) in [5.41, 5.74) is 0.439. The SMILES string of the molecule is Fc1cc(NI)cc(Cl)c1F. The fourth-order valence-corrected chi connectivity index (χ4v) is 1.13. The first kappa shape index (κ1) is 8.99. The Hall–Kier alpha value is -0.100. The van der Waals surface area contributed by atoms with Crippen molar-refractivity contribution in [3.8, 4) is 0 Å². The van der Waals surface area contributed by atoms with Crippen LogP contribution in [0.5, 0.6) is 0 Å². The summed E-state index contributed by atoms with van der Waals surface area (Å²) in [6, 6.07) is 2.35. The molecule has 1 nitrogen and oxygen atoms in total. The van der Waals surface area contributed by atoms with E-state index in [4.69, 9.17) is 11.6 Å². The van der Waals surface area contributed by atoms with Crippen molar-refractivity contribution in [2.45, 2.75) is 0 Å². The standard InChI is InChI=1S/C6H3ClF2IN/c7-4-1-3(11-10)2-5(8)6(4)9/h1-2,11H. The third kappa shape index (κ3) is 1.93. The molecular formula is C6H3ClF2IN. The number of hydrogen-bond donors (Lipinski definition) is 1. The van der Waals surface area contributed by atoms with E-state index in [-0.39, 0.29) is 5.02 Å². The second kappa shape index (κ2) is 3.53. The van der Waals surface area contributed by atoms with Crippen LogP contribution in [0.15, 0.2) is 12.1 Å². The Labute approximate surface area is 81.2 Å². The lowest BCUT2D eigenvalue weighted by Gasteiger charge is -2.00. The van der Waals surface area contributed by atoms with E-state index in [1.54, 1.807) is 22.9 Å².